The summed E-state index contributed by atoms with van der Waals surface area (Å²) < 4.78 is 0. The Morgan fingerprint density at radius 1 is 1.08 bits per heavy atom. The number of likely N-dealkylation sites (tertiary alicyclic amines) is 1. The van der Waals surface area contributed by atoms with Crippen molar-refractivity contribution in [1.29, 1.82) is 0 Å². The molecule has 0 bridgehead atoms. The maximum atomic E-state index is 2.66. The quantitative estimate of drug-likeness (QED) is 0.611. The Labute approximate surface area is 76.1 Å². The van der Waals surface area contributed by atoms with Gasteiger partial charge in [-0.25, -0.2) is 0 Å². The molecule has 2 aliphatic rings. The van der Waals surface area contributed by atoms with Crippen molar-refractivity contribution >= 4 is 0 Å². The molecule has 12 heavy (non-hydrogen) atoms. The third kappa shape index (κ3) is 1.82. The minimum absolute atomic E-state index is 0.770. The summed E-state index contributed by atoms with van der Waals surface area (Å²) in [5.74, 6) is 2.17. The zero-order valence-electron chi connectivity index (χ0n) is 8.42. The van der Waals surface area contributed by atoms with Crippen LogP contribution in [0.2, 0.25) is 0 Å². The van der Waals surface area contributed by atoms with Crippen LogP contribution in [0.15, 0.2) is 0 Å². The molecule has 0 aromatic rings. The van der Waals surface area contributed by atoms with E-state index in [9.17, 15) is 0 Å². The minimum Gasteiger partial charge on any atom is -0.301 e. The first-order valence-electron chi connectivity index (χ1n) is 5.51. The highest BCUT2D eigenvalue weighted by Gasteiger charge is 2.34. The number of nitrogens with zero attached hydrogens (tertiary/aromatic N) is 1. The first kappa shape index (κ1) is 8.55. The van der Waals surface area contributed by atoms with Crippen LogP contribution in [-0.4, -0.2) is 24.0 Å². The SMILES string of the molecule is CC(C)N1CCCC(C2CC2)C1. The summed E-state index contributed by atoms with van der Waals surface area (Å²) in [7, 11) is 0. The van der Waals surface area contributed by atoms with E-state index in [1.54, 1.807) is 0 Å². The minimum atomic E-state index is 0.770. The normalized spacial score (nSPS) is 32.8. The van der Waals surface area contributed by atoms with Crippen molar-refractivity contribution in [2.45, 2.75) is 45.6 Å². The van der Waals surface area contributed by atoms with Gasteiger partial charge in [-0.2, -0.15) is 0 Å². The van der Waals surface area contributed by atoms with Crippen LogP contribution in [0.3, 0.4) is 0 Å². The van der Waals surface area contributed by atoms with E-state index >= 15 is 0 Å². The molecular weight excluding hydrogens is 146 g/mol. The van der Waals surface area contributed by atoms with Gasteiger partial charge in [-0.15, -0.1) is 0 Å². The summed E-state index contributed by atoms with van der Waals surface area (Å²) in [6, 6.07) is 0.770. The lowest BCUT2D eigenvalue weighted by molar-refractivity contribution is 0.129. The van der Waals surface area contributed by atoms with Gasteiger partial charge in [0.2, 0.25) is 0 Å². The van der Waals surface area contributed by atoms with Crippen molar-refractivity contribution in [3.05, 3.63) is 0 Å². The van der Waals surface area contributed by atoms with E-state index in [-0.39, 0.29) is 0 Å². The fourth-order valence-electron chi connectivity index (χ4n) is 2.46. The van der Waals surface area contributed by atoms with Crippen LogP contribution in [0.5, 0.6) is 0 Å². The highest BCUT2D eigenvalue weighted by atomic mass is 15.2. The average molecular weight is 167 g/mol. The van der Waals surface area contributed by atoms with Crippen molar-refractivity contribution < 1.29 is 0 Å². The van der Waals surface area contributed by atoms with Crippen LogP contribution >= 0.6 is 0 Å². The summed E-state index contributed by atoms with van der Waals surface area (Å²) >= 11 is 0. The van der Waals surface area contributed by atoms with Crippen molar-refractivity contribution in [3.63, 3.8) is 0 Å². The molecule has 1 saturated heterocycles. The maximum absolute atomic E-state index is 2.66. The molecule has 1 unspecified atom stereocenters. The van der Waals surface area contributed by atoms with Gasteiger partial charge in [-0.1, -0.05) is 0 Å². The summed E-state index contributed by atoms with van der Waals surface area (Å²) in [5.41, 5.74) is 0. The molecule has 70 valence electrons. The Morgan fingerprint density at radius 3 is 2.42 bits per heavy atom. The molecule has 1 aliphatic carbocycles. The molecule has 1 atom stereocenters. The fraction of sp³-hybridized carbons (Fsp3) is 1.00. The highest BCUT2D eigenvalue weighted by molar-refractivity contribution is 4.86. The van der Waals surface area contributed by atoms with Gasteiger partial charge in [-0.05, 0) is 57.9 Å². The highest BCUT2D eigenvalue weighted by Crippen LogP contribution is 2.41. The Kier molecular flexibility index (Phi) is 2.40. The molecule has 1 heterocycles. The lowest BCUT2D eigenvalue weighted by atomic mass is 9.93. The third-order valence-corrected chi connectivity index (χ3v) is 3.51. The molecule has 0 aromatic carbocycles. The molecule has 1 nitrogen and oxygen atoms in total. The van der Waals surface area contributed by atoms with E-state index < -0.39 is 0 Å². The van der Waals surface area contributed by atoms with Gasteiger partial charge >= 0.3 is 0 Å². The standard InChI is InChI=1S/C11H21N/c1-9(2)12-7-3-4-11(8-12)10-5-6-10/h9-11H,3-8H2,1-2H3. The largest absolute Gasteiger partial charge is 0.301 e. The maximum Gasteiger partial charge on any atom is 0.00387 e. The van der Waals surface area contributed by atoms with Gasteiger partial charge in [0.1, 0.15) is 0 Å². The van der Waals surface area contributed by atoms with E-state index in [2.05, 4.69) is 18.7 Å². The van der Waals surface area contributed by atoms with E-state index in [0.29, 0.717) is 0 Å². The Balaban J connectivity index is 1.85. The van der Waals surface area contributed by atoms with Crippen LogP contribution < -0.4 is 0 Å². The summed E-state index contributed by atoms with van der Waals surface area (Å²) in [6.07, 6.45) is 6.00. The number of rotatable bonds is 2. The number of piperidine rings is 1. The smallest absolute Gasteiger partial charge is 0.00387 e. The molecule has 0 amide bonds. The Hall–Kier alpha value is -0.0400. The van der Waals surface area contributed by atoms with Gasteiger partial charge in [0.05, 0.1) is 0 Å². The van der Waals surface area contributed by atoms with Gasteiger partial charge in [-0.3, -0.25) is 0 Å². The van der Waals surface area contributed by atoms with Gasteiger partial charge in [0.25, 0.3) is 0 Å². The number of hydrogen-bond donors (Lipinski definition) is 0. The van der Waals surface area contributed by atoms with Crippen LogP contribution in [0.4, 0.5) is 0 Å². The van der Waals surface area contributed by atoms with E-state index in [1.807, 2.05) is 0 Å². The molecule has 0 radical (unpaired) electrons. The molecule has 1 heteroatoms. The van der Waals surface area contributed by atoms with E-state index in [1.165, 1.54) is 38.8 Å². The molecule has 1 saturated carbocycles. The second-order valence-corrected chi connectivity index (χ2v) is 4.83. The van der Waals surface area contributed by atoms with Crippen molar-refractivity contribution in [1.82, 2.24) is 4.90 Å². The topological polar surface area (TPSA) is 3.24 Å². The second-order valence-electron chi connectivity index (χ2n) is 4.83. The molecule has 0 aromatic heterocycles. The Bertz CT molecular complexity index is 141. The van der Waals surface area contributed by atoms with Gasteiger partial charge in [0.15, 0.2) is 0 Å². The molecular formula is C11H21N. The molecule has 2 rings (SSSR count). The number of hydrogen-bond acceptors (Lipinski definition) is 1. The van der Waals surface area contributed by atoms with Crippen molar-refractivity contribution in [2.75, 3.05) is 13.1 Å². The average Bonchev–Trinajstić information content (AvgIpc) is 2.87. The van der Waals surface area contributed by atoms with Crippen LogP contribution in [0, 0.1) is 11.8 Å². The lowest BCUT2D eigenvalue weighted by Gasteiger charge is -2.35. The summed E-state index contributed by atoms with van der Waals surface area (Å²) in [5, 5.41) is 0. The first-order chi connectivity index (χ1) is 5.77. The Morgan fingerprint density at radius 2 is 1.83 bits per heavy atom. The van der Waals surface area contributed by atoms with Gasteiger partial charge < -0.3 is 4.90 Å². The van der Waals surface area contributed by atoms with E-state index in [4.69, 9.17) is 0 Å². The molecule has 0 N–H and O–H groups in total. The second kappa shape index (κ2) is 3.37. The van der Waals surface area contributed by atoms with Crippen LogP contribution in [-0.2, 0) is 0 Å². The zero-order valence-corrected chi connectivity index (χ0v) is 8.42. The van der Waals surface area contributed by atoms with E-state index in [0.717, 1.165) is 17.9 Å². The predicted octanol–water partition coefficient (Wildman–Crippen LogP) is 2.52. The summed E-state index contributed by atoms with van der Waals surface area (Å²) in [6.45, 7) is 7.40. The molecule has 1 aliphatic heterocycles. The first-order valence-corrected chi connectivity index (χ1v) is 5.51. The van der Waals surface area contributed by atoms with Crippen LogP contribution in [0.1, 0.15) is 39.5 Å². The fourth-order valence-corrected chi connectivity index (χ4v) is 2.46. The van der Waals surface area contributed by atoms with Crippen molar-refractivity contribution in [3.8, 4) is 0 Å². The predicted molar refractivity (Wildman–Crippen MR) is 52.2 cm³/mol. The van der Waals surface area contributed by atoms with Gasteiger partial charge in [0, 0.05) is 12.6 Å². The zero-order chi connectivity index (χ0) is 8.55. The molecule has 0 spiro atoms. The molecule has 2 fully saturated rings. The third-order valence-electron chi connectivity index (χ3n) is 3.51. The summed E-state index contributed by atoms with van der Waals surface area (Å²) in [4.78, 5) is 2.66. The van der Waals surface area contributed by atoms with Crippen LogP contribution in [0.25, 0.3) is 0 Å². The van der Waals surface area contributed by atoms with Crippen molar-refractivity contribution in [2.24, 2.45) is 11.8 Å². The monoisotopic (exact) mass is 167 g/mol. The lowest BCUT2D eigenvalue weighted by Crippen LogP contribution is -2.40.